The smallest absolute Gasteiger partial charge is 0.399 e. The highest BCUT2D eigenvalue weighted by Crippen LogP contribution is 2.37. The van der Waals surface area contributed by atoms with Crippen molar-refractivity contribution in [3.05, 3.63) is 28.5 Å². The summed E-state index contributed by atoms with van der Waals surface area (Å²) in [5.74, 6) is -0.422. The Labute approximate surface area is 113 Å². The predicted octanol–water partition coefficient (Wildman–Crippen LogP) is 3.09. The maximum absolute atomic E-state index is 13.3. The average Bonchev–Trinajstić information content (AvgIpc) is 2.45. The molecule has 0 amide bonds. The summed E-state index contributed by atoms with van der Waals surface area (Å²) in [5, 5.41) is 0.127. The first kappa shape index (κ1) is 13.8. The first-order valence-electron chi connectivity index (χ1n) is 5.96. The van der Waals surface area contributed by atoms with Crippen LogP contribution in [-0.2, 0) is 9.31 Å². The minimum absolute atomic E-state index is 0.127. The number of halogens is 2. The van der Waals surface area contributed by atoms with Gasteiger partial charge in [0, 0.05) is 0 Å². The zero-order chi connectivity index (χ0) is 13.7. The van der Waals surface area contributed by atoms with Gasteiger partial charge >= 0.3 is 7.12 Å². The van der Waals surface area contributed by atoms with E-state index < -0.39 is 24.1 Å². The monoisotopic (exact) mass is 270 g/mol. The molecule has 0 unspecified atom stereocenters. The lowest BCUT2D eigenvalue weighted by atomic mass is 9.76. The van der Waals surface area contributed by atoms with Gasteiger partial charge in [0.1, 0.15) is 5.82 Å². The van der Waals surface area contributed by atoms with Crippen LogP contribution >= 0.6 is 11.6 Å². The van der Waals surface area contributed by atoms with Crippen LogP contribution in [0, 0.1) is 12.7 Å². The standard InChI is InChI=1S/C13H17BClFO2/c1-8-9(6-7-10(16)11(8)15)14-17-12(2,3)13(4,5)18-14/h6-7H,1-5H3. The van der Waals surface area contributed by atoms with Gasteiger partial charge in [0.15, 0.2) is 0 Å². The first-order valence-corrected chi connectivity index (χ1v) is 6.33. The van der Waals surface area contributed by atoms with Crippen molar-refractivity contribution < 1.29 is 13.7 Å². The first-order chi connectivity index (χ1) is 8.16. The Kier molecular flexibility index (Phi) is 3.25. The molecule has 0 aliphatic carbocycles. The Bertz CT molecular complexity index is 472. The third kappa shape index (κ3) is 2.06. The van der Waals surface area contributed by atoms with E-state index in [0.717, 1.165) is 5.46 Å². The number of benzene rings is 1. The van der Waals surface area contributed by atoms with E-state index in [1.807, 2.05) is 27.7 Å². The Balaban J connectivity index is 2.39. The Morgan fingerprint density at radius 2 is 1.61 bits per heavy atom. The van der Waals surface area contributed by atoms with Crippen LogP contribution in [0.15, 0.2) is 12.1 Å². The molecule has 0 aromatic heterocycles. The second-order valence-electron chi connectivity index (χ2n) is 5.66. The topological polar surface area (TPSA) is 18.5 Å². The van der Waals surface area contributed by atoms with Gasteiger partial charge in [-0.15, -0.1) is 0 Å². The lowest BCUT2D eigenvalue weighted by Gasteiger charge is -2.32. The van der Waals surface area contributed by atoms with E-state index in [9.17, 15) is 4.39 Å². The second-order valence-corrected chi connectivity index (χ2v) is 6.04. The van der Waals surface area contributed by atoms with Gasteiger partial charge in [-0.05, 0) is 51.7 Å². The van der Waals surface area contributed by atoms with Crippen LogP contribution < -0.4 is 5.46 Å². The van der Waals surface area contributed by atoms with Crippen LogP contribution in [0.25, 0.3) is 0 Å². The van der Waals surface area contributed by atoms with Gasteiger partial charge in [0.25, 0.3) is 0 Å². The molecular formula is C13H17BClFO2. The molecule has 1 aromatic carbocycles. The highest BCUT2D eigenvalue weighted by molar-refractivity contribution is 6.63. The fourth-order valence-corrected chi connectivity index (χ4v) is 2.06. The average molecular weight is 271 g/mol. The van der Waals surface area contributed by atoms with E-state index in [0.29, 0.717) is 5.56 Å². The van der Waals surface area contributed by atoms with Crippen molar-refractivity contribution in [3.8, 4) is 0 Å². The molecule has 0 bridgehead atoms. The van der Waals surface area contributed by atoms with Crippen LogP contribution in [0.2, 0.25) is 5.02 Å². The predicted molar refractivity (Wildman–Crippen MR) is 71.9 cm³/mol. The molecule has 0 radical (unpaired) electrons. The minimum atomic E-state index is -0.506. The normalized spacial score (nSPS) is 21.4. The van der Waals surface area contributed by atoms with Crippen molar-refractivity contribution in [2.75, 3.05) is 0 Å². The molecular weight excluding hydrogens is 253 g/mol. The Morgan fingerprint density at radius 3 is 2.11 bits per heavy atom. The quantitative estimate of drug-likeness (QED) is 0.730. The third-order valence-corrected chi connectivity index (χ3v) is 4.35. The van der Waals surface area contributed by atoms with Gasteiger partial charge in [-0.1, -0.05) is 17.7 Å². The zero-order valence-corrected chi connectivity index (χ0v) is 12.1. The SMILES string of the molecule is Cc1c(B2OC(C)(C)C(C)(C)O2)ccc(F)c1Cl. The third-order valence-electron chi connectivity index (χ3n) is 3.89. The summed E-state index contributed by atoms with van der Waals surface area (Å²) in [7, 11) is -0.506. The van der Waals surface area contributed by atoms with Gasteiger partial charge in [0.05, 0.1) is 16.2 Å². The van der Waals surface area contributed by atoms with E-state index in [4.69, 9.17) is 20.9 Å². The van der Waals surface area contributed by atoms with Gasteiger partial charge in [-0.2, -0.15) is 0 Å². The van der Waals surface area contributed by atoms with Gasteiger partial charge < -0.3 is 9.31 Å². The van der Waals surface area contributed by atoms with E-state index >= 15 is 0 Å². The molecule has 5 heteroatoms. The maximum atomic E-state index is 13.3. The Morgan fingerprint density at radius 1 is 1.11 bits per heavy atom. The summed E-state index contributed by atoms with van der Waals surface area (Å²) < 4.78 is 25.2. The zero-order valence-electron chi connectivity index (χ0n) is 11.3. The largest absolute Gasteiger partial charge is 0.495 e. The number of hydrogen-bond donors (Lipinski definition) is 0. The summed E-state index contributed by atoms with van der Waals surface area (Å²) in [6.07, 6.45) is 0. The molecule has 1 saturated heterocycles. The highest BCUT2D eigenvalue weighted by atomic mass is 35.5. The maximum Gasteiger partial charge on any atom is 0.495 e. The molecule has 1 aliphatic rings. The summed E-state index contributed by atoms with van der Waals surface area (Å²) >= 11 is 5.92. The van der Waals surface area contributed by atoms with Crippen molar-refractivity contribution in [1.82, 2.24) is 0 Å². The van der Waals surface area contributed by atoms with Crippen LogP contribution in [0.1, 0.15) is 33.3 Å². The minimum Gasteiger partial charge on any atom is -0.399 e. The summed E-state index contributed by atoms with van der Waals surface area (Å²) in [6.45, 7) is 9.69. The van der Waals surface area contributed by atoms with E-state index in [1.165, 1.54) is 6.07 Å². The molecule has 0 atom stereocenters. The van der Waals surface area contributed by atoms with Gasteiger partial charge in [-0.25, -0.2) is 4.39 Å². The molecule has 1 aromatic rings. The molecule has 0 N–H and O–H groups in total. The molecule has 1 heterocycles. The van der Waals surface area contributed by atoms with Gasteiger partial charge in [0.2, 0.25) is 0 Å². The van der Waals surface area contributed by atoms with Crippen molar-refractivity contribution >= 4 is 24.2 Å². The molecule has 0 spiro atoms. The van der Waals surface area contributed by atoms with Crippen LogP contribution in [0.5, 0.6) is 0 Å². The van der Waals surface area contributed by atoms with Crippen LogP contribution in [-0.4, -0.2) is 18.3 Å². The highest BCUT2D eigenvalue weighted by Gasteiger charge is 2.52. The fraction of sp³-hybridized carbons (Fsp3) is 0.538. The van der Waals surface area contributed by atoms with E-state index in [-0.39, 0.29) is 5.02 Å². The van der Waals surface area contributed by atoms with Crippen LogP contribution in [0.4, 0.5) is 4.39 Å². The molecule has 0 saturated carbocycles. The van der Waals surface area contributed by atoms with Crippen LogP contribution in [0.3, 0.4) is 0 Å². The fourth-order valence-electron chi connectivity index (χ4n) is 1.89. The lowest BCUT2D eigenvalue weighted by Crippen LogP contribution is -2.41. The van der Waals surface area contributed by atoms with Crippen molar-refractivity contribution in [3.63, 3.8) is 0 Å². The Hall–Kier alpha value is -0.575. The van der Waals surface area contributed by atoms with E-state index in [1.54, 1.807) is 13.0 Å². The molecule has 18 heavy (non-hydrogen) atoms. The lowest BCUT2D eigenvalue weighted by molar-refractivity contribution is 0.00578. The summed E-state index contributed by atoms with van der Waals surface area (Å²) in [4.78, 5) is 0. The second kappa shape index (κ2) is 4.22. The molecule has 2 nitrogen and oxygen atoms in total. The summed E-state index contributed by atoms with van der Waals surface area (Å²) in [5.41, 5.74) is 0.617. The molecule has 1 fully saturated rings. The molecule has 1 aliphatic heterocycles. The van der Waals surface area contributed by atoms with Crippen molar-refractivity contribution in [2.45, 2.75) is 45.8 Å². The summed E-state index contributed by atoms with van der Waals surface area (Å²) in [6, 6.07) is 3.01. The van der Waals surface area contributed by atoms with Gasteiger partial charge in [-0.3, -0.25) is 0 Å². The van der Waals surface area contributed by atoms with Crippen molar-refractivity contribution in [1.29, 1.82) is 0 Å². The number of hydrogen-bond acceptors (Lipinski definition) is 2. The number of rotatable bonds is 1. The van der Waals surface area contributed by atoms with E-state index in [2.05, 4.69) is 0 Å². The van der Waals surface area contributed by atoms with Crippen molar-refractivity contribution in [2.24, 2.45) is 0 Å². The molecule has 2 rings (SSSR count). The molecule has 98 valence electrons.